The molecule has 21 rings (SSSR count). The first-order chi connectivity index (χ1) is 49.3. The molecule has 7 nitrogen and oxygen atoms in total. The minimum absolute atomic E-state index is 0.0417. The molecule has 0 unspecified atom stereocenters. The number of para-hydroxylation sites is 8. The molecule has 14 aromatic carbocycles. The zero-order valence-electron chi connectivity index (χ0n) is 53.4. The summed E-state index contributed by atoms with van der Waals surface area (Å²) < 4.78 is 67.0. The van der Waals surface area contributed by atoms with Gasteiger partial charge < -0.3 is 27.4 Å². The summed E-state index contributed by atoms with van der Waals surface area (Å²) >= 11 is 0. The van der Waals surface area contributed by atoms with Crippen LogP contribution in [0.25, 0.3) is 187 Å². The third-order valence-corrected chi connectivity index (χ3v) is 20.8. The highest BCUT2D eigenvalue weighted by atomic mass is 19.4. The lowest BCUT2D eigenvalue weighted by molar-refractivity contribution is -0.137. The lowest BCUT2D eigenvalue weighted by Gasteiger charge is -2.23. The summed E-state index contributed by atoms with van der Waals surface area (Å²) in [6.45, 7) is 0. The van der Waals surface area contributed by atoms with Crippen molar-refractivity contribution in [2.24, 2.45) is 0 Å². The normalized spacial score (nSPS) is 12.3. The van der Waals surface area contributed by atoms with Gasteiger partial charge in [0.05, 0.1) is 89.0 Å². The van der Waals surface area contributed by atoms with Crippen molar-refractivity contribution in [3.05, 3.63) is 333 Å². The van der Waals surface area contributed by atoms with Crippen LogP contribution < -0.4 is 0 Å². The van der Waals surface area contributed by atoms with Crippen molar-refractivity contribution < 1.29 is 13.2 Å². The molecule has 0 saturated heterocycles. The van der Waals surface area contributed by atoms with Gasteiger partial charge in [-0.05, 0) is 146 Å². The predicted octanol–water partition coefficient (Wildman–Crippen LogP) is 24.0. The molecule has 0 amide bonds. The van der Waals surface area contributed by atoms with Gasteiger partial charge in [-0.2, -0.15) is 13.2 Å². The van der Waals surface area contributed by atoms with Crippen LogP contribution in [-0.4, -0.2) is 32.4 Å². The summed E-state index contributed by atoms with van der Waals surface area (Å²) in [4.78, 5) is 5.35. The zero-order valence-corrected chi connectivity index (χ0v) is 53.4. The van der Waals surface area contributed by atoms with Crippen molar-refractivity contribution in [1.82, 2.24) is 32.4 Å². The van der Waals surface area contributed by atoms with E-state index in [9.17, 15) is 0 Å². The third kappa shape index (κ3) is 8.13. The van der Waals surface area contributed by atoms with E-state index >= 15 is 13.2 Å². The Hall–Kier alpha value is -13.2. The van der Waals surface area contributed by atoms with Crippen LogP contribution >= 0.6 is 0 Å². The first-order valence-electron chi connectivity index (χ1n) is 33.7. The van der Waals surface area contributed by atoms with E-state index in [-0.39, 0.29) is 11.4 Å². The maximum absolute atomic E-state index is 18.0. The Morgan fingerprint density at radius 2 is 0.440 bits per heavy atom. The van der Waals surface area contributed by atoms with Gasteiger partial charge in [0.2, 0.25) is 0 Å². The van der Waals surface area contributed by atoms with E-state index in [0.717, 1.165) is 137 Å². The molecular weight excluding hydrogens is 1240 g/mol. The zero-order chi connectivity index (χ0) is 66.1. The van der Waals surface area contributed by atoms with Crippen LogP contribution in [-0.2, 0) is 6.18 Å². The average molecular weight is 1290 g/mol. The molecule has 470 valence electrons. The fourth-order valence-electron chi connectivity index (χ4n) is 16.6. The lowest BCUT2D eigenvalue weighted by atomic mass is 10.0. The molecule has 0 N–H and O–H groups in total. The second-order valence-corrected chi connectivity index (χ2v) is 26.1. The number of benzene rings is 14. The number of aromatic nitrogens is 7. The quantitative estimate of drug-likeness (QED) is 0.149. The second-order valence-electron chi connectivity index (χ2n) is 26.1. The fourth-order valence-corrected chi connectivity index (χ4v) is 16.6. The van der Waals surface area contributed by atoms with Crippen LogP contribution in [0.1, 0.15) is 5.56 Å². The van der Waals surface area contributed by atoms with Crippen molar-refractivity contribution in [2.45, 2.75) is 6.18 Å². The molecular formula is C90H54F3N7. The molecule has 21 aromatic rings. The maximum atomic E-state index is 18.0. The van der Waals surface area contributed by atoms with Crippen LogP contribution in [0.4, 0.5) is 13.2 Å². The Labute approximate surface area is 569 Å². The number of rotatable bonds is 8. The highest BCUT2D eigenvalue weighted by Gasteiger charge is 2.40. The molecule has 0 radical (unpaired) electrons. The van der Waals surface area contributed by atoms with E-state index in [1.54, 1.807) is 12.1 Å². The van der Waals surface area contributed by atoms with Crippen molar-refractivity contribution in [2.75, 3.05) is 0 Å². The number of hydrogen-bond acceptors (Lipinski definition) is 1. The number of nitrogens with zero attached hydrogens (tertiary/aromatic N) is 7. The number of pyridine rings is 1. The van der Waals surface area contributed by atoms with Gasteiger partial charge in [-0.1, -0.05) is 182 Å². The van der Waals surface area contributed by atoms with Crippen molar-refractivity contribution >= 4 is 131 Å². The van der Waals surface area contributed by atoms with E-state index in [4.69, 9.17) is 4.98 Å². The minimum Gasteiger partial charge on any atom is -0.309 e. The second kappa shape index (κ2) is 21.2. The summed E-state index contributed by atoms with van der Waals surface area (Å²) in [5.74, 6) is 0. The number of alkyl halides is 3. The van der Waals surface area contributed by atoms with Crippen LogP contribution in [0.15, 0.2) is 328 Å². The van der Waals surface area contributed by atoms with Gasteiger partial charge in [-0.3, -0.25) is 0 Å². The van der Waals surface area contributed by atoms with E-state index in [1.165, 1.54) is 0 Å². The summed E-state index contributed by atoms with van der Waals surface area (Å²) in [5.41, 5.74) is 15.8. The Balaban J connectivity index is 0.891. The van der Waals surface area contributed by atoms with Crippen molar-refractivity contribution in [3.63, 3.8) is 0 Å². The smallest absolute Gasteiger partial charge is 0.309 e. The van der Waals surface area contributed by atoms with Gasteiger partial charge in [0.15, 0.2) is 0 Å². The molecule has 10 heteroatoms. The Kier molecular flexibility index (Phi) is 11.9. The monoisotopic (exact) mass is 1290 g/mol. The number of halogens is 3. The highest BCUT2D eigenvalue weighted by Crippen LogP contribution is 2.49. The third-order valence-electron chi connectivity index (χ3n) is 20.8. The molecule has 100 heavy (non-hydrogen) atoms. The molecule has 0 bridgehead atoms. The van der Waals surface area contributed by atoms with Gasteiger partial charge in [-0.25, -0.2) is 4.98 Å². The molecule has 0 fully saturated rings. The largest absolute Gasteiger partial charge is 0.420 e. The fraction of sp³-hybridized carbons (Fsp3) is 0.0111. The number of hydrogen-bond donors (Lipinski definition) is 0. The average Bonchev–Trinajstić information content (AvgIpc) is 1.65. The molecule has 7 heterocycles. The molecule has 0 aliphatic rings. The Bertz CT molecular complexity index is 6110. The van der Waals surface area contributed by atoms with E-state index in [0.29, 0.717) is 39.0 Å². The molecule has 0 atom stereocenters. The van der Waals surface area contributed by atoms with Crippen LogP contribution in [0, 0.1) is 0 Å². The highest BCUT2D eigenvalue weighted by molar-refractivity contribution is 6.17. The van der Waals surface area contributed by atoms with Crippen molar-refractivity contribution in [1.29, 1.82) is 0 Å². The van der Waals surface area contributed by atoms with Crippen LogP contribution in [0.3, 0.4) is 0 Å². The molecule has 0 spiro atoms. The summed E-state index contributed by atoms with van der Waals surface area (Å²) in [6.07, 6.45) is -4.95. The van der Waals surface area contributed by atoms with E-state index in [2.05, 4.69) is 261 Å². The van der Waals surface area contributed by atoms with E-state index in [1.807, 2.05) is 81.9 Å². The molecule has 0 aliphatic carbocycles. The SMILES string of the molecule is FC(F)(F)c1c(-n2c3ccc(-n4c5ccccc5c5ccccc54)cc3c3cc(-n4c5ccccc5c5ccccc54)ccc32)cc(-c2cccc(-c3ccccc3)n2)cc1-n1c2ccc(-n3c4ccccc4c4ccccc43)cc2c2cc(-n3c4ccccc4c4ccccc43)ccc21. The van der Waals surface area contributed by atoms with Gasteiger partial charge >= 0.3 is 6.18 Å². The van der Waals surface area contributed by atoms with Crippen LogP contribution in [0.2, 0.25) is 0 Å². The van der Waals surface area contributed by atoms with E-state index < -0.39 is 11.7 Å². The summed E-state index contributed by atoms with van der Waals surface area (Å²) in [5, 5.41) is 12.0. The minimum atomic E-state index is -4.95. The van der Waals surface area contributed by atoms with Gasteiger partial charge in [0.25, 0.3) is 0 Å². The standard InChI is InChI=1S/C90H54F3N7/c91-90(92,93)89-87(99-83-45-41-57(95-75-33-12-4-23-61(75)62-24-5-13-34-76(62)95)51-69(83)70-52-58(42-46-84(70)99)96-77-35-14-6-25-63(77)64-26-7-15-36-78(64)96)49-56(74-32-20-31-73(94-74)55-21-2-1-3-22-55)50-88(89)100-85-47-43-59(97-79-37-16-8-27-65(79)66-28-9-17-38-80(66)97)53-71(85)72-54-60(44-48-86(72)100)98-81-39-18-10-29-67(81)68-30-11-19-40-82(68)98/h1-54H. The van der Waals surface area contributed by atoms with Crippen molar-refractivity contribution in [3.8, 4) is 56.6 Å². The van der Waals surface area contributed by atoms with Gasteiger partial charge in [-0.15, -0.1) is 0 Å². The van der Waals surface area contributed by atoms with Gasteiger partial charge in [0.1, 0.15) is 5.56 Å². The molecule has 0 aliphatic heterocycles. The Morgan fingerprint density at radius 1 is 0.200 bits per heavy atom. The maximum Gasteiger partial charge on any atom is 0.420 e. The Morgan fingerprint density at radius 3 is 0.710 bits per heavy atom. The summed E-state index contributed by atoms with van der Waals surface area (Å²) in [7, 11) is 0. The van der Waals surface area contributed by atoms with Gasteiger partial charge in [0, 0.05) is 98.5 Å². The molecule has 7 aromatic heterocycles. The topological polar surface area (TPSA) is 42.5 Å². The first-order valence-corrected chi connectivity index (χ1v) is 33.7. The molecule has 0 saturated carbocycles. The predicted molar refractivity (Wildman–Crippen MR) is 406 cm³/mol. The first kappa shape index (κ1) is 56.0. The van der Waals surface area contributed by atoms with Crippen LogP contribution in [0.5, 0.6) is 0 Å². The lowest BCUT2D eigenvalue weighted by Crippen LogP contribution is -2.16. The summed E-state index contributed by atoms with van der Waals surface area (Å²) in [6, 6.07) is 111. The number of fused-ring (bicyclic) bond motifs is 18.